The molecule has 0 spiro atoms. The van der Waals surface area contributed by atoms with Gasteiger partial charge in [-0.05, 0) is 48.1 Å². The quantitative estimate of drug-likeness (QED) is 0.520. The second-order valence-corrected chi connectivity index (χ2v) is 7.48. The summed E-state index contributed by atoms with van der Waals surface area (Å²) < 4.78 is 19.2. The van der Waals surface area contributed by atoms with Crippen molar-refractivity contribution in [1.82, 2.24) is 9.97 Å². The molecular formula is C21H22ClFN2O. The maximum absolute atomic E-state index is 13.4. The number of nitrogens with zero attached hydrogens (tertiary/aromatic N) is 2. The lowest BCUT2D eigenvalue weighted by Gasteiger charge is -2.15. The molecule has 1 atom stereocenters. The van der Waals surface area contributed by atoms with Crippen LogP contribution in [0.4, 0.5) is 4.39 Å². The summed E-state index contributed by atoms with van der Waals surface area (Å²) in [5.41, 5.74) is 2.35. The van der Waals surface area contributed by atoms with E-state index in [2.05, 4.69) is 30.7 Å². The molecule has 0 aliphatic rings. The van der Waals surface area contributed by atoms with Gasteiger partial charge >= 0.3 is 0 Å². The molecule has 0 aliphatic heterocycles. The highest BCUT2D eigenvalue weighted by atomic mass is 35.5. The Morgan fingerprint density at radius 1 is 1.12 bits per heavy atom. The van der Waals surface area contributed by atoms with Crippen LogP contribution in [0.1, 0.15) is 27.2 Å². The SMILES string of the molecule is CC(C)C[C@H](C)COc1ncc(-c2ccnc3cc(F)ccc23)cc1Cl. The molecule has 0 aliphatic carbocycles. The van der Waals surface area contributed by atoms with Crippen LogP contribution >= 0.6 is 11.6 Å². The average Bonchev–Trinajstić information content (AvgIpc) is 2.59. The summed E-state index contributed by atoms with van der Waals surface area (Å²) >= 11 is 6.38. The zero-order valence-electron chi connectivity index (χ0n) is 15.2. The molecule has 3 aromatic rings. The molecule has 0 saturated carbocycles. The fourth-order valence-corrected chi connectivity index (χ4v) is 3.37. The van der Waals surface area contributed by atoms with Crippen LogP contribution in [0.3, 0.4) is 0 Å². The molecule has 2 heterocycles. The molecule has 0 bridgehead atoms. The number of hydrogen-bond acceptors (Lipinski definition) is 3. The first kappa shape index (κ1) is 18.6. The summed E-state index contributed by atoms with van der Waals surface area (Å²) in [6.07, 6.45) is 4.48. The largest absolute Gasteiger partial charge is 0.476 e. The summed E-state index contributed by atoms with van der Waals surface area (Å²) in [5.74, 6) is 1.20. The summed E-state index contributed by atoms with van der Waals surface area (Å²) in [4.78, 5) is 8.60. The van der Waals surface area contributed by atoms with E-state index in [0.29, 0.717) is 34.9 Å². The number of halogens is 2. The van der Waals surface area contributed by atoms with Gasteiger partial charge in [0.2, 0.25) is 5.88 Å². The number of ether oxygens (including phenoxy) is 1. The Morgan fingerprint density at radius 3 is 2.65 bits per heavy atom. The van der Waals surface area contributed by atoms with Crippen molar-refractivity contribution in [3.63, 3.8) is 0 Å². The molecule has 3 nitrogen and oxygen atoms in total. The predicted octanol–water partition coefficient (Wildman–Crippen LogP) is 6.15. The van der Waals surface area contributed by atoms with E-state index in [0.717, 1.165) is 22.9 Å². The van der Waals surface area contributed by atoms with Crippen molar-refractivity contribution in [3.8, 4) is 17.0 Å². The Kier molecular flexibility index (Phi) is 5.72. The summed E-state index contributed by atoms with van der Waals surface area (Å²) in [6.45, 7) is 7.13. The Bertz CT molecular complexity index is 914. The average molecular weight is 373 g/mol. The first-order valence-electron chi connectivity index (χ1n) is 8.77. The van der Waals surface area contributed by atoms with Crippen molar-refractivity contribution >= 4 is 22.5 Å². The van der Waals surface area contributed by atoms with Crippen molar-refractivity contribution in [1.29, 1.82) is 0 Å². The normalized spacial score (nSPS) is 12.5. The van der Waals surface area contributed by atoms with Crippen LogP contribution in [0, 0.1) is 17.7 Å². The second kappa shape index (κ2) is 8.00. The fraction of sp³-hybridized carbons (Fsp3) is 0.333. The van der Waals surface area contributed by atoms with Gasteiger partial charge in [0.25, 0.3) is 0 Å². The minimum absolute atomic E-state index is 0.308. The molecule has 0 saturated heterocycles. The minimum atomic E-state index is -0.308. The Hall–Kier alpha value is -2.20. The summed E-state index contributed by atoms with van der Waals surface area (Å²) in [5, 5.41) is 1.32. The predicted molar refractivity (Wildman–Crippen MR) is 104 cm³/mol. The molecule has 2 aromatic heterocycles. The van der Waals surface area contributed by atoms with E-state index in [9.17, 15) is 4.39 Å². The Morgan fingerprint density at radius 2 is 1.92 bits per heavy atom. The van der Waals surface area contributed by atoms with Gasteiger partial charge in [-0.15, -0.1) is 0 Å². The molecule has 0 N–H and O–H groups in total. The third kappa shape index (κ3) is 4.31. The number of fused-ring (bicyclic) bond motifs is 1. The molecule has 136 valence electrons. The smallest absolute Gasteiger partial charge is 0.232 e. The number of benzene rings is 1. The fourth-order valence-electron chi connectivity index (χ4n) is 3.15. The van der Waals surface area contributed by atoms with Crippen LogP contribution in [-0.4, -0.2) is 16.6 Å². The van der Waals surface area contributed by atoms with Crippen LogP contribution in [-0.2, 0) is 0 Å². The molecule has 0 radical (unpaired) electrons. The van der Waals surface area contributed by atoms with E-state index in [-0.39, 0.29) is 5.82 Å². The Balaban J connectivity index is 1.84. The second-order valence-electron chi connectivity index (χ2n) is 7.08. The van der Waals surface area contributed by atoms with E-state index in [1.54, 1.807) is 18.5 Å². The van der Waals surface area contributed by atoms with E-state index in [4.69, 9.17) is 16.3 Å². The van der Waals surface area contributed by atoms with Crippen molar-refractivity contribution in [2.45, 2.75) is 27.2 Å². The molecular weight excluding hydrogens is 351 g/mol. The van der Waals surface area contributed by atoms with E-state index < -0.39 is 0 Å². The number of rotatable bonds is 6. The van der Waals surface area contributed by atoms with Gasteiger partial charge in [0.05, 0.1) is 12.1 Å². The van der Waals surface area contributed by atoms with E-state index >= 15 is 0 Å². The lowest BCUT2D eigenvalue weighted by Crippen LogP contribution is -2.11. The van der Waals surface area contributed by atoms with Crippen molar-refractivity contribution in [2.75, 3.05) is 6.61 Å². The molecule has 1 aromatic carbocycles. The highest BCUT2D eigenvalue weighted by molar-refractivity contribution is 6.32. The monoisotopic (exact) mass is 372 g/mol. The van der Waals surface area contributed by atoms with Crippen LogP contribution in [0.2, 0.25) is 5.02 Å². The van der Waals surface area contributed by atoms with Crippen LogP contribution in [0.5, 0.6) is 5.88 Å². The van der Waals surface area contributed by atoms with Gasteiger partial charge in [-0.3, -0.25) is 4.98 Å². The zero-order chi connectivity index (χ0) is 18.7. The highest BCUT2D eigenvalue weighted by Crippen LogP contribution is 2.32. The standard InChI is InChI=1S/C21H22ClFN2O/c1-13(2)8-14(3)12-26-21-19(22)9-15(11-25-21)17-6-7-24-20-10-16(23)4-5-18(17)20/h4-7,9-11,13-14H,8,12H2,1-3H3/t14-/m0/s1. The van der Waals surface area contributed by atoms with Gasteiger partial charge in [0.15, 0.2) is 0 Å². The maximum atomic E-state index is 13.4. The lowest BCUT2D eigenvalue weighted by molar-refractivity contribution is 0.231. The van der Waals surface area contributed by atoms with Gasteiger partial charge in [0, 0.05) is 29.4 Å². The highest BCUT2D eigenvalue weighted by Gasteiger charge is 2.12. The minimum Gasteiger partial charge on any atom is -0.476 e. The van der Waals surface area contributed by atoms with Gasteiger partial charge in [-0.2, -0.15) is 0 Å². The molecule has 0 fully saturated rings. The maximum Gasteiger partial charge on any atom is 0.232 e. The molecule has 3 rings (SSSR count). The summed E-state index contributed by atoms with van der Waals surface area (Å²) in [7, 11) is 0. The van der Waals surface area contributed by atoms with Gasteiger partial charge in [0.1, 0.15) is 10.8 Å². The number of hydrogen-bond donors (Lipinski definition) is 0. The van der Waals surface area contributed by atoms with Crippen LogP contribution in [0.25, 0.3) is 22.0 Å². The molecule has 0 unspecified atom stereocenters. The topological polar surface area (TPSA) is 35.0 Å². The molecule has 0 amide bonds. The third-order valence-corrected chi connectivity index (χ3v) is 4.47. The first-order chi connectivity index (χ1) is 12.4. The third-order valence-electron chi connectivity index (χ3n) is 4.20. The first-order valence-corrected chi connectivity index (χ1v) is 9.15. The lowest BCUT2D eigenvalue weighted by atomic mass is 10.00. The zero-order valence-corrected chi connectivity index (χ0v) is 15.9. The number of aromatic nitrogens is 2. The van der Waals surface area contributed by atoms with Gasteiger partial charge in [-0.1, -0.05) is 32.4 Å². The van der Waals surface area contributed by atoms with Crippen molar-refractivity contribution < 1.29 is 9.13 Å². The van der Waals surface area contributed by atoms with Gasteiger partial charge < -0.3 is 4.74 Å². The van der Waals surface area contributed by atoms with Gasteiger partial charge in [-0.25, -0.2) is 9.37 Å². The number of pyridine rings is 2. The molecule has 26 heavy (non-hydrogen) atoms. The van der Waals surface area contributed by atoms with E-state index in [1.807, 2.05) is 12.1 Å². The van der Waals surface area contributed by atoms with Crippen molar-refractivity contribution in [3.05, 3.63) is 53.6 Å². The van der Waals surface area contributed by atoms with E-state index in [1.165, 1.54) is 12.1 Å². The Labute approximate surface area is 158 Å². The van der Waals surface area contributed by atoms with Crippen LogP contribution in [0.15, 0.2) is 42.7 Å². The van der Waals surface area contributed by atoms with Crippen LogP contribution < -0.4 is 4.74 Å². The summed E-state index contributed by atoms with van der Waals surface area (Å²) in [6, 6.07) is 8.27. The molecule has 5 heteroatoms. The van der Waals surface area contributed by atoms with Crippen molar-refractivity contribution in [2.24, 2.45) is 11.8 Å².